The average molecular weight is 1140 g/mol. The first-order valence-electron chi connectivity index (χ1n) is 22.7. The Morgan fingerprint density at radius 3 is 1.00 bits per heavy atom. The Kier molecular flexibility index (Phi) is 55.1. The fourth-order valence-corrected chi connectivity index (χ4v) is 4.85. The SMILES string of the molecule is C.C.C.C.C.CCOC(=O)c1ccc(CO)nc1.CCOC(=O)c1ccc(COCOC)nc1.COCOCc1ccc(CF)cn1.COCOCc1ccc(CO)cn1.O=Cc1ccc(CF)cn1.OCc1ccc(CF)cn1. The number of methoxy groups -OCH3 is 3. The van der Waals surface area contributed by atoms with Crippen molar-refractivity contribution in [2.45, 2.75) is 111 Å². The minimum absolute atomic E-state index is 0. The van der Waals surface area contributed by atoms with Gasteiger partial charge in [-0.2, -0.15) is 0 Å². The van der Waals surface area contributed by atoms with Crippen LogP contribution in [-0.4, -0.2) is 118 Å². The van der Waals surface area contributed by atoms with Crippen molar-refractivity contribution >= 4 is 18.2 Å². The van der Waals surface area contributed by atoms with Crippen LogP contribution in [0.5, 0.6) is 0 Å². The van der Waals surface area contributed by atoms with Crippen LogP contribution in [0.3, 0.4) is 0 Å². The standard InChI is InChI=1S/C11H15NO4.C9H12FNO2.C9H13NO3.C9H11NO3.C7H8FNO.C7H6FNO.5CH4/c1-3-16-11(13)9-4-5-10(12-6-9)7-15-8-14-2;1-12-7-13-6-9-3-2-8(4-10)5-11-9;1-12-7-13-6-9-3-2-8(5-11)4-10-9;1-2-13-9(12)7-3-4-8(6-11)10-5-7;2*8-3-6-1-2-7(5-10)9-4-6;;;;;/h4-6H,3,7-8H2,1-2H3;2-3,5H,4,6-7H2,1H3;2-4,11H,5-7H2,1H3;3-5,11H,2,6H2,1H3;1-2,4,10H,3,5H2;1-2,4-5H,3H2;5*1H4. The van der Waals surface area contributed by atoms with Crippen LogP contribution in [-0.2, 0) is 97.6 Å². The van der Waals surface area contributed by atoms with E-state index in [2.05, 4.69) is 29.9 Å². The van der Waals surface area contributed by atoms with E-state index < -0.39 is 20.0 Å². The third-order valence-electron chi connectivity index (χ3n) is 8.62. The van der Waals surface area contributed by atoms with E-state index in [0.717, 1.165) is 22.6 Å². The van der Waals surface area contributed by atoms with E-state index in [1.807, 2.05) is 12.1 Å². The van der Waals surface area contributed by atoms with Crippen molar-refractivity contribution in [1.82, 2.24) is 29.9 Å². The van der Waals surface area contributed by atoms with Gasteiger partial charge in [0.25, 0.3) is 0 Å². The van der Waals surface area contributed by atoms with E-state index in [1.165, 1.54) is 43.1 Å². The number of aromatic nitrogens is 6. The molecule has 0 saturated heterocycles. The number of hydrogen-bond acceptors (Lipinski definition) is 20. The second kappa shape index (κ2) is 53.9. The highest BCUT2D eigenvalue weighted by Gasteiger charge is 2.07. The van der Waals surface area contributed by atoms with Gasteiger partial charge in [0.05, 0.1) is 92.5 Å². The first kappa shape index (κ1) is 81.8. The molecular weight excluding hydrogens is 1050 g/mol. The number of aliphatic hydroxyl groups is 3. The first-order valence-corrected chi connectivity index (χ1v) is 22.7. The van der Waals surface area contributed by atoms with Gasteiger partial charge in [-0.25, -0.2) is 22.8 Å². The quantitative estimate of drug-likeness (QED) is 0.0233. The van der Waals surface area contributed by atoms with Gasteiger partial charge < -0.3 is 53.2 Å². The van der Waals surface area contributed by atoms with Gasteiger partial charge in [0, 0.05) is 75.2 Å². The zero-order chi connectivity index (χ0) is 55.3. The van der Waals surface area contributed by atoms with Crippen LogP contribution in [0.4, 0.5) is 13.2 Å². The van der Waals surface area contributed by atoms with E-state index in [9.17, 15) is 27.6 Å². The molecule has 6 aromatic rings. The van der Waals surface area contributed by atoms with Gasteiger partial charge in [-0.3, -0.25) is 34.7 Å². The Morgan fingerprint density at radius 2 is 0.750 bits per heavy atom. The average Bonchev–Trinajstić information content (AvgIpc) is 3.47. The maximum absolute atomic E-state index is 12.1. The van der Waals surface area contributed by atoms with Crippen molar-refractivity contribution in [2.24, 2.45) is 0 Å². The third kappa shape index (κ3) is 37.7. The van der Waals surface area contributed by atoms with Crippen LogP contribution >= 0.6 is 0 Å². The van der Waals surface area contributed by atoms with Gasteiger partial charge in [-0.05, 0) is 67.9 Å². The number of pyridine rings is 6. The molecule has 6 aromatic heterocycles. The molecule has 0 aromatic carbocycles. The molecule has 6 rings (SSSR count). The molecular formula is C57H85F3N6O14. The number of carbonyl (C=O) groups excluding carboxylic acids is 3. The Bertz CT molecular complexity index is 2290. The molecule has 6 heterocycles. The van der Waals surface area contributed by atoms with Gasteiger partial charge in [-0.1, -0.05) is 61.4 Å². The zero-order valence-corrected chi connectivity index (χ0v) is 42.5. The van der Waals surface area contributed by atoms with Gasteiger partial charge in [0.15, 0.2) is 6.29 Å². The molecule has 23 heteroatoms. The lowest BCUT2D eigenvalue weighted by Gasteiger charge is -2.04. The summed E-state index contributed by atoms with van der Waals surface area (Å²) in [6.07, 6.45) is 9.40. The number of aliphatic hydroxyl groups excluding tert-OH is 3. The van der Waals surface area contributed by atoms with Crippen LogP contribution in [0.15, 0.2) is 110 Å². The fraction of sp³-hybridized carbons (Fsp3) is 0.421. The lowest BCUT2D eigenvalue weighted by atomic mass is 10.2. The number of ether oxygens (including phenoxy) is 8. The molecule has 0 atom stereocenters. The largest absolute Gasteiger partial charge is 0.462 e. The molecule has 0 aliphatic carbocycles. The summed E-state index contributed by atoms with van der Waals surface area (Å²) < 4.78 is 74.8. The Hall–Kier alpha value is -7.06. The number of esters is 2. The predicted molar refractivity (Wildman–Crippen MR) is 299 cm³/mol. The van der Waals surface area contributed by atoms with Crippen molar-refractivity contribution in [3.63, 3.8) is 0 Å². The molecule has 0 fully saturated rings. The summed E-state index contributed by atoms with van der Waals surface area (Å²) in [6.45, 7) is 4.41. The van der Waals surface area contributed by atoms with E-state index in [4.69, 9.17) is 53.2 Å². The summed E-state index contributed by atoms with van der Waals surface area (Å²) in [4.78, 5) is 55.9. The molecule has 20 nitrogen and oxygen atoms in total. The summed E-state index contributed by atoms with van der Waals surface area (Å²) in [5.74, 6) is -0.751. The number of halogens is 3. The lowest BCUT2D eigenvalue weighted by molar-refractivity contribution is -0.0402. The summed E-state index contributed by atoms with van der Waals surface area (Å²) in [6, 6.07) is 19.9. The minimum Gasteiger partial charge on any atom is -0.462 e. The van der Waals surface area contributed by atoms with Crippen LogP contribution < -0.4 is 0 Å². The lowest BCUT2D eigenvalue weighted by Crippen LogP contribution is -2.06. The van der Waals surface area contributed by atoms with Crippen molar-refractivity contribution in [1.29, 1.82) is 0 Å². The number of aldehydes is 1. The monoisotopic (exact) mass is 1130 g/mol. The summed E-state index contributed by atoms with van der Waals surface area (Å²) in [7, 11) is 4.68. The first-order chi connectivity index (χ1) is 36.5. The predicted octanol–water partition coefficient (Wildman–Crippen LogP) is 10.1. The second-order valence-corrected chi connectivity index (χ2v) is 14.3. The smallest absolute Gasteiger partial charge is 0.339 e. The topological polar surface area (TPSA) is 263 Å². The fourth-order valence-electron chi connectivity index (χ4n) is 4.85. The van der Waals surface area contributed by atoms with E-state index in [1.54, 1.807) is 89.9 Å². The number of rotatable bonds is 23. The molecule has 0 radical (unpaired) electrons. The maximum atomic E-state index is 12.1. The number of nitrogens with zero attached hydrogens (tertiary/aromatic N) is 6. The van der Waals surface area contributed by atoms with Crippen LogP contribution in [0.1, 0.15) is 133 Å². The number of hydrogen-bond donors (Lipinski definition) is 3. The second-order valence-electron chi connectivity index (χ2n) is 14.3. The minimum atomic E-state index is -0.536. The zero-order valence-electron chi connectivity index (χ0n) is 42.5. The molecule has 0 bridgehead atoms. The molecule has 0 saturated carbocycles. The normalized spacial score (nSPS) is 9.34. The number of carbonyl (C=O) groups is 3. The number of alkyl halides is 3. The molecule has 0 aliphatic heterocycles. The highest BCUT2D eigenvalue weighted by Crippen LogP contribution is 2.07. The van der Waals surface area contributed by atoms with Crippen LogP contribution in [0, 0.1) is 0 Å². The highest BCUT2D eigenvalue weighted by molar-refractivity contribution is 5.89. The molecule has 0 aliphatic rings. The summed E-state index contributed by atoms with van der Waals surface area (Å²) >= 11 is 0. The molecule has 0 unspecified atom stereocenters. The molecule has 0 amide bonds. The van der Waals surface area contributed by atoms with Gasteiger partial charge in [0.2, 0.25) is 0 Å². The summed E-state index contributed by atoms with van der Waals surface area (Å²) in [5.41, 5.74) is 7.03. The van der Waals surface area contributed by atoms with Crippen LogP contribution in [0.25, 0.3) is 0 Å². The van der Waals surface area contributed by atoms with Crippen LogP contribution in [0.2, 0.25) is 0 Å². The molecule has 0 spiro atoms. The maximum Gasteiger partial charge on any atom is 0.339 e. The third-order valence-corrected chi connectivity index (χ3v) is 8.62. The molecule has 448 valence electrons. The molecule has 3 N–H and O–H groups in total. The molecule has 80 heavy (non-hydrogen) atoms. The van der Waals surface area contributed by atoms with E-state index in [0.29, 0.717) is 84.2 Å². The Balaban J connectivity index is -0.000000279. The highest BCUT2D eigenvalue weighted by atomic mass is 19.1. The van der Waals surface area contributed by atoms with Crippen molar-refractivity contribution in [3.8, 4) is 0 Å². The van der Waals surface area contributed by atoms with Crippen molar-refractivity contribution in [3.05, 3.63) is 178 Å². The Labute approximate surface area is 470 Å². The van der Waals surface area contributed by atoms with E-state index in [-0.39, 0.29) is 89.3 Å². The van der Waals surface area contributed by atoms with E-state index >= 15 is 0 Å². The Morgan fingerprint density at radius 1 is 0.438 bits per heavy atom. The van der Waals surface area contributed by atoms with Gasteiger partial charge in [0.1, 0.15) is 46.1 Å². The van der Waals surface area contributed by atoms with Crippen molar-refractivity contribution < 1.29 is 80.8 Å². The van der Waals surface area contributed by atoms with Crippen molar-refractivity contribution in [2.75, 3.05) is 54.9 Å². The van der Waals surface area contributed by atoms with Gasteiger partial charge >= 0.3 is 11.9 Å². The summed E-state index contributed by atoms with van der Waals surface area (Å²) in [5, 5.41) is 26.0. The van der Waals surface area contributed by atoms with Gasteiger partial charge in [-0.15, -0.1) is 0 Å².